The van der Waals surface area contributed by atoms with E-state index in [0.29, 0.717) is 18.5 Å². The molecular formula is C11H21N3. The quantitative estimate of drug-likeness (QED) is 0.677. The molecule has 2 atom stereocenters. The number of nitrogens with zero attached hydrogens (tertiary/aromatic N) is 3. The second-order valence-corrected chi connectivity index (χ2v) is 4.33. The van der Waals surface area contributed by atoms with Crippen LogP contribution in [-0.2, 0) is 0 Å². The molecule has 1 aliphatic rings. The van der Waals surface area contributed by atoms with E-state index in [-0.39, 0.29) is 0 Å². The molecule has 1 aliphatic heterocycles. The Kier molecular flexibility index (Phi) is 4.37. The van der Waals surface area contributed by atoms with E-state index in [2.05, 4.69) is 36.9 Å². The molecule has 0 aromatic carbocycles. The molecule has 0 aliphatic carbocycles. The number of nitriles is 1. The Morgan fingerprint density at radius 2 is 2.29 bits per heavy atom. The molecule has 1 rings (SSSR count). The maximum absolute atomic E-state index is 8.72. The summed E-state index contributed by atoms with van der Waals surface area (Å²) in [5.74, 6) is 0. The Bertz CT molecular complexity index is 207. The van der Waals surface area contributed by atoms with E-state index in [1.165, 1.54) is 6.42 Å². The van der Waals surface area contributed by atoms with Gasteiger partial charge in [-0.3, -0.25) is 4.90 Å². The van der Waals surface area contributed by atoms with E-state index < -0.39 is 0 Å². The number of hydrogen-bond acceptors (Lipinski definition) is 3. The maximum Gasteiger partial charge on any atom is 0.0638 e. The minimum absolute atomic E-state index is 0.477. The van der Waals surface area contributed by atoms with Gasteiger partial charge in [0.2, 0.25) is 0 Å². The van der Waals surface area contributed by atoms with Crippen LogP contribution in [0.15, 0.2) is 0 Å². The summed E-state index contributed by atoms with van der Waals surface area (Å²) in [6.07, 6.45) is 3.01. The van der Waals surface area contributed by atoms with Crippen LogP contribution in [0.5, 0.6) is 0 Å². The highest BCUT2D eigenvalue weighted by Crippen LogP contribution is 2.19. The SMILES string of the molecule is CCC(CC#N)N1CCC(N(C)C)C1. The van der Waals surface area contributed by atoms with Gasteiger partial charge in [0.05, 0.1) is 12.5 Å². The number of hydrogen-bond donors (Lipinski definition) is 0. The van der Waals surface area contributed by atoms with Crippen LogP contribution in [0.1, 0.15) is 26.2 Å². The third-order valence-corrected chi connectivity index (χ3v) is 3.24. The van der Waals surface area contributed by atoms with Crippen molar-refractivity contribution in [1.82, 2.24) is 9.80 Å². The summed E-state index contributed by atoms with van der Waals surface area (Å²) in [4.78, 5) is 4.76. The normalized spacial score (nSPS) is 25.2. The molecule has 0 aromatic heterocycles. The third kappa shape index (κ3) is 2.70. The van der Waals surface area contributed by atoms with Crippen molar-refractivity contribution < 1.29 is 0 Å². The molecule has 0 radical (unpaired) electrons. The number of likely N-dealkylation sites (tertiary alicyclic amines) is 1. The van der Waals surface area contributed by atoms with Crippen LogP contribution in [-0.4, -0.2) is 49.1 Å². The summed E-state index contributed by atoms with van der Waals surface area (Å²) in [7, 11) is 4.28. The Balaban J connectivity index is 2.43. The average molecular weight is 195 g/mol. The summed E-state index contributed by atoms with van der Waals surface area (Å²) < 4.78 is 0. The Morgan fingerprint density at radius 1 is 1.57 bits per heavy atom. The van der Waals surface area contributed by atoms with E-state index >= 15 is 0 Å². The lowest BCUT2D eigenvalue weighted by molar-refractivity contribution is 0.212. The Morgan fingerprint density at radius 3 is 2.71 bits per heavy atom. The molecule has 0 bridgehead atoms. The van der Waals surface area contributed by atoms with Gasteiger partial charge in [0, 0.05) is 25.2 Å². The van der Waals surface area contributed by atoms with Crippen molar-refractivity contribution in [3.63, 3.8) is 0 Å². The molecule has 0 N–H and O–H groups in total. The molecule has 0 amide bonds. The standard InChI is InChI=1S/C11H21N3/c1-4-10(5-7-12)14-8-6-11(9-14)13(2)3/h10-11H,4-6,8-9H2,1-3H3. The summed E-state index contributed by atoms with van der Waals surface area (Å²) in [5.41, 5.74) is 0. The van der Waals surface area contributed by atoms with Gasteiger partial charge in [0.15, 0.2) is 0 Å². The lowest BCUT2D eigenvalue weighted by Gasteiger charge is -2.26. The molecule has 3 nitrogen and oxygen atoms in total. The highest BCUT2D eigenvalue weighted by molar-refractivity contribution is 4.88. The molecular weight excluding hydrogens is 174 g/mol. The van der Waals surface area contributed by atoms with Crippen LogP contribution in [0.3, 0.4) is 0 Å². The zero-order valence-electron chi connectivity index (χ0n) is 9.53. The van der Waals surface area contributed by atoms with Gasteiger partial charge in [-0.2, -0.15) is 5.26 Å². The van der Waals surface area contributed by atoms with Gasteiger partial charge in [-0.1, -0.05) is 6.92 Å². The van der Waals surface area contributed by atoms with Crippen LogP contribution in [0, 0.1) is 11.3 Å². The van der Waals surface area contributed by atoms with Gasteiger partial charge in [0.25, 0.3) is 0 Å². The second-order valence-electron chi connectivity index (χ2n) is 4.33. The molecule has 0 aromatic rings. The van der Waals surface area contributed by atoms with E-state index in [4.69, 9.17) is 5.26 Å². The molecule has 0 spiro atoms. The summed E-state index contributed by atoms with van der Waals surface area (Å²) in [5, 5.41) is 8.72. The predicted octanol–water partition coefficient (Wildman–Crippen LogP) is 1.31. The summed E-state index contributed by atoms with van der Waals surface area (Å²) in [6, 6.07) is 3.44. The average Bonchev–Trinajstić information content (AvgIpc) is 2.63. The van der Waals surface area contributed by atoms with Crippen molar-refractivity contribution in [2.45, 2.75) is 38.3 Å². The predicted molar refractivity (Wildman–Crippen MR) is 58.0 cm³/mol. The van der Waals surface area contributed by atoms with E-state index in [1.807, 2.05) is 0 Å². The monoisotopic (exact) mass is 195 g/mol. The first kappa shape index (κ1) is 11.5. The fourth-order valence-corrected chi connectivity index (χ4v) is 2.16. The largest absolute Gasteiger partial charge is 0.305 e. The van der Waals surface area contributed by atoms with Gasteiger partial charge < -0.3 is 4.90 Å². The highest BCUT2D eigenvalue weighted by Gasteiger charge is 2.27. The lowest BCUT2D eigenvalue weighted by atomic mass is 10.1. The van der Waals surface area contributed by atoms with Gasteiger partial charge in [-0.15, -0.1) is 0 Å². The van der Waals surface area contributed by atoms with Gasteiger partial charge in [0.1, 0.15) is 0 Å². The molecule has 2 unspecified atom stereocenters. The zero-order chi connectivity index (χ0) is 10.6. The first-order chi connectivity index (χ1) is 6.69. The van der Waals surface area contributed by atoms with Crippen molar-refractivity contribution in [3.8, 4) is 6.07 Å². The Labute approximate surface area is 87.3 Å². The Hall–Kier alpha value is -0.590. The van der Waals surface area contributed by atoms with E-state index in [0.717, 1.165) is 19.5 Å². The minimum atomic E-state index is 0.477. The van der Waals surface area contributed by atoms with Gasteiger partial charge >= 0.3 is 0 Å². The van der Waals surface area contributed by atoms with E-state index in [1.54, 1.807) is 0 Å². The van der Waals surface area contributed by atoms with Gasteiger partial charge in [-0.25, -0.2) is 0 Å². The molecule has 1 saturated heterocycles. The van der Waals surface area contributed by atoms with Crippen LogP contribution in [0.4, 0.5) is 0 Å². The van der Waals surface area contributed by atoms with Crippen molar-refractivity contribution in [1.29, 1.82) is 5.26 Å². The van der Waals surface area contributed by atoms with E-state index in [9.17, 15) is 0 Å². The smallest absolute Gasteiger partial charge is 0.0638 e. The van der Waals surface area contributed by atoms with Crippen molar-refractivity contribution >= 4 is 0 Å². The molecule has 14 heavy (non-hydrogen) atoms. The van der Waals surface area contributed by atoms with Crippen LogP contribution in [0.25, 0.3) is 0 Å². The first-order valence-electron chi connectivity index (χ1n) is 5.46. The molecule has 1 heterocycles. The molecule has 0 saturated carbocycles. The topological polar surface area (TPSA) is 30.3 Å². The van der Waals surface area contributed by atoms with Crippen molar-refractivity contribution in [2.75, 3.05) is 27.2 Å². The minimum Gasteiger partial charge on any atom is -0.305 e. The zero-order valence-corrected chi connectivity index (χ0v) is 9.53. The molecule has 80 valence electrons. The third-order valence-electron chi connectivity index (χ3n) is 3.24. The van der Waals surface area contributed by atoms with Crippen molar-refractivity contribution in [2.24, 2.45) is 0 Å². The lowest BCUT2D eigenvalue weighted by Crippen LogP contribution is -2.36. The van der Waals surface area contributed by atoms with Crippen LogP contribution < -0.4 is 0 Å². The second kappa shape index (κ2) is 5.33. The molecule has 1 fully saturated rings. The van der Waals surface area contributed by atoms with Gasteiger partial charge in [-0.05, 0) is 26.9 Å². The molecule has 3 heteroatoms. The fraction of sp³-hybridized carbons (Fsp3) is 0.909. The van der Waals surface area contributed by atoms with Crippen LogP contribution >= 0.6 is 0 Å². The number of likely N-dealkylation sites (N-methyl/N-ethyl adjacent to an activating group) is 1. The summed E-state index contributed by atoms with van der Waals surface area (Å²) in [6.45, 7) is 4.46. The maximum atomic E-state index is 8.72. The van der Waals surface area contributed by atoms with Crippen molar-refractivity contribution in [3.05, 3.63) is 0 Å². The first-order valence-corrected chi connectivity index (χ1v) is 5.46. The summed E-state index contributed by atoms with van der Waals surface area (Å²) >= 11 is 0. The van der Waals surface area contributed by atoms with Crippen LogP contribution in [0.2, 0.25) is 0 Å². The fourth-order valence-electron chi connectivity index (χ4n) is 2.16. The number of rotatable bonds is 4. The highest BCUT2D eigenvalue weighted by atomic mass is 15.2.